The highest BCUT2D eigenvalue weighted by molar-refractivity contribution is 6.22. The van der Waals surface area contributed by atoms with E-state index < -0.39 is 58.9 Å². The van der Waals surface area contributed by atoms with E-state index in [0.717, 1.165) is 19.4 Å². The highest BCUT2D eigenvalue weighted by Crippen LogP contribution is 2.50. The van der Waals surface area contributed by atoms with E-state index in [4.69, 9.17) is 33.1 Å². The molecule has 0 radical (unpaired) electrons. The Hall–Kier alpha value is -5.77. The Labute approximate surface area is 378 Å². The SMILES string of the molecule is CO[C@H]1/C=C/O[C@@]2(C)Oc3c(C)c(O)c4c(=O)c(c5oc6cc(OCC7CCCN7C)ccc6nc-5c4c3C2=O)NC(=O)/C(C)=C\C=C\[C@H](C)[C@H](O)[C@@H](C)[C@@H](C)[C@@H](C)[C@H](OC(C)=O)[C@@H]1C. The van der Waals surface area contributed by atoms with Gasteiger partial charge in [-0.15, -0.1) is 0 Å². The fourth-order valence-corrected chi connectivity index (χ4v) is 9.47. The number of amides is 1. The molecule has 10 atom stereocenters. The Morgan fingerprint density at radius 1 is 1.03 bits per heavy atom. The number of ether oxygens (including phenoxy) is 5. The lowest BCUT2D eigenvalue weighted by Crippen LogP contribution is -2.43. The quantitative estimate of drug-likeness (QED) is 0.100. The van der Waals surface area contributed by atoms with Crippen LogP contribution in [0.1, 0.15) is 84.2 Å². The van der Waals surface area contributed by atoms with Gasteiger partial charge in [0.2, 0.25) is 5.43 Å². The van der Waals surface area contributed by atoms with Crippen molar-refractivity contribution in [2.24, 2.45) is 29.6 Å². The molecule has 1 amide bonds. The maximum Gasteiger partial charge on any atom is 0.312 e. The van der Waals surface area contributed by atoms with Gasteiger partial charge in [0.15, 0.2) is 11.3 Å². The van der Waals surface area contributed by atoms with E-state index in [1.165, 1.54) is 34.1 Å². The molecule has 348 valence electrons. The van der Waals surface area contributed by atoms with Crippen molar-refractivity contribution in [2.75, 3.05) is 32.6 Å². The lowest BCUT2D eigenvalue weighted by molar-refractivity contribution is -0.157. The molecule has 2 aromatic rings. The van der Waals surface area contributed by atoms with Gasteiger partial charge in [-0.05, 0) is 76.2 Å². The number of allylic oxidation sites excluding steroid dienone is 2. The van der Waals surface area contributed by atoms with Crippen LogP contribution in [0.2, 0.25) is 0 Å². The third-order valence-electron chi connectivity index (χ3n) is 14.0. The first-order valence-electron chi connectivity index (χ1n) is 22.3. The minimum absolute atomic E-state index is 0.00740. The number of benzene rings is 3. The number of aromatic nitrogens is 1. The number of ketones is 1. The number of methoxy groups -OCH3 is 1. The van der Waals surface area contributed by atoms with Crippen molar-refractivity contribution in [1.82, 2.24) is 9.88 Å². The lowest BCUT2D eigenvalue weighted by Gasteiger charge is -2.39. The summed E-state index contributed by atoms with van der Waals surface area (Å²) in [7, 11) is 3.57. The smallest absolute Gasteiger partial charge is 0.312 e. The van der Waals surface area contributed by atoms with Gasteiger partial charge in [-0.3, -0.25) is 19.2 Å². The van der Waals surface area contributed by atoms with E-state index >= 15 is 0 Å². The van der Waals surface area contributed by atoms with Crippen LogP contribution in [0.5, 0.6) is 17.2 Å². The van der Waals surface area contributed by atoms with Crippen LogP contribution in [0.15, 0.2) is 63.6 Å². The molecule has 5 aliphatic rings. The number of likely N-dealkylation sites (tertiary alicyclic amines) is 1. The summed E-state index contributed by atoms with van der Waals surface area (Å²) in [6, 6.07) is 5.37. The second kappa shape index (κ2) is 18.6. The minimum Gasteiger partial charge on any atom is -0.507 e. The van der Waals surface area contributed by atoms with Gasteiger partial charge < -0.3 is 48.5 Å². The molecule has 0 spiro atoms. The number of fused-ring (bicyclic) bond motifs is 2. The van der Waals surface area contributed by atoms with Crippen LogP contribution in [0.25, 0.3) is 33.3 Å². The molecular weight excluding hydrogens is 835 g/mol. The van der Waals surface area contributed by atoms with Gasteiger partial charge in [0, 0.05) is 61.4 Å². The van der Waals surface area contributed by atoms with E-state index in [2.05, 4.69) is 17.3 Å². The fourth-order valence-electron chi connectivity index (χ4n) is 9.47. The zero-order valence-corrected chi connectivity index (χ0v) is 39.0. The van der Waals surface area contributed by atoms with Gasteiger partial charge in [0.05, 0.1) is 29.4 Å². The number of phenols is 1. The standard InChI is InChI=1S/C50H61N3O12/c1-24-14-12-15-25(2)49(59)52-41-44(57)38-37(40-47(41)64-36-22-33(17-18-34(36)51-40)61-23-32-16-13-20-53(32)10)39-46(30(7)43(38)56)65-50(9,48(39)58)62-21-19-35(60-11)29(6)45(63-31(8)54)28(5)26(3)27(4)42(24)55/h12,14-15,17-19,21-22,24,26-29,32,35,42,45,55-56H,13,16,20,23H2,1-11H3,(H,52,59)/b14-12+,21-19+,25-15-/t24-,26+,27-,28+,29+,32?,35-,42-,45-,50-/m0/s1. The van der Waals surface area contributed by atoms with Gasteiger partial charge in [0.1, 0.15) is 46.9 Å². The van der Waals surface area contributed by atoms with Crippen LogP contribution in [-0.4, -0.2) is 95.2 Å². The number of hydrogen-bond donors (Lipinski definition) is 3. The van der Waals surface area contributed by atoms with Gasteiger partial charge >= 0.3 is 11.8 Å². The van der Waals surface area contributed by atoms with Crippen molar-refractivity contribution in [3.8, 4) is 28.7 Å². The number of carbonyl (C=O) groups is 3. The lowest BCUT2D eigenvalue weighted by atomic mass is 9.73. The molecule has 4 aliphatic heterocycles. The number of anilines is 1. The Kier molecular flexibility index (Phi) is 13.5. The predicted molar refractivity (Wildman–Crippen MR) is 245 cm³/mol. The van der Waals surface area contributed by atoms with E-state index in [0.29, 0.717) is 17.9 Å². The summed E-state index contributed by atoms with van der Waals surface area (Å²) >= 11 is 0. The Balaban J connectivity index is 1.41. The zero-order valence-electron chi connectivity index (χ0n) is 39.0. The Bertz CT molecular complexity index is 2630. The van der Waals surface area contributed by atoms with Crippen molar-refractivity contribution in [3.63, 3.8) is 0 Å². The van der Waals surface area contributed by atoms with E-state index in [1.807, 2.05) is 34.6 Å². The normalized spacial score (nSPS) is 31.1. The summed E-state index contributed by atoms with van der Waals surface area (Å²) in [5.41, 5.74) is -0.288. The van der Waals surface area contributed by atoms with Gasteiger partial charge in [0.25, 0.3) is 11.7 Å². The number of nitrogens with one attached hydrogen (secondary N) is 1. The molecule has 0 saturated carbocycles. The molecule has 4 bridgehead atoms. The number of esters is 1. The molecule has 15 heteroatoms. The monoisotopic (exact) mass is 895 g/mol. The van der Waals surface area contributed by atoms with Crippen LogP contribution in [-0.2, 0) is 23.8 Å². The van der Waals surface area contributed by atoms with Crippen LogP contribution in [0, 0.1) is 36.5 Å². The van der Waals surface area contributed by atoms with E-state index in [1.54, 1.807) is 49.4 Å². The molecule has 1 saturated heterocycles. The zero-order chi connectivity index (χ0) is 47.2. The molecule has 3 N–H and O–H groups in total. The predicted octanol–water partition coefficient (Wildman–Crippen LogP) is 7.70. The number of nitrogens with zero attached hydrogens (tertiary/aromatic N) is 2. The largest absolute Gasteiger partial charge is 0.507 e. The first-order chi connectivity index (χ1) is 30.8. The third-order valence-corrected chi connectivity index (χ3v) is 14.0. The summed E-state index contributed by atoms with van der Waals surface area (Å²) in [5, 5.41) is 25.8. The van der Waals surface area contributed by atoms with E-state index in [9.17, 15) is 29.4 Å². The van der Waals surface area contributed by atoms with Gasteiger partial charge in [-0.25, -0.2) is 4.98 Å². The maximum absolute atomic E-state index is 14.8. The molecule has 7 rings (SSSR count). The summed E-state index contributed by atoms with van der Waals surface area (Å²) in [6.45, 7) is 17.0. The maximum atomic E-state index is 14.8. The van der Waals surface area contributed by atoms with Crippen molar-refractivity contribution in [3.05, 3.63) is 75.7 Å². The number of carbonyl (C=O) groups excluding carboxylic acids is 3. The van der Waals surface area contributed by atoms with E-state index in [-0.39, 0.29) is 85.7 Å². The second-order valence-corrected chi connectivity index (χ2v) is 18.3. The third kappa shape index (κ3) is 8.85. The minimum atomic E-state index is -2.00. The summed E-state index contributed by atoms with van der Waals surface area (Å²) < 4.78 is 36.9. The van der Waals surface area contributed by atoms with Crippen molar-refractivity contribution >= 4 is 45.2 Å². The first kappa shape index (κ1) is 47.2. The van der Waals surface area contributed by atoms with Crippen LogP contribution >= 0.6 is 0 Å². The molecule has 65 heavy (non-hydrogen) atoms. The second-order valence-electron chi connectivity index (χ2n) is 18.3. The molecule has 15 nitrogen and oxygen atoms in total. The van der Waals surface area contributed by atoms with Gasteiger partial charge in [-0.1, -0.05) is 52.8 Å². The number of phenolic OH excluding ortho intramolecular Hbond substituents is 1. The van der Waals surface area contributed by atoms with Crippen LogP contribution in [0.3, 0.4) is 0 Å². The Morgan fingerprint density at radius 2 is 1.77 bits per heavy atom. The average Bonchev–Trinajstić information content (AvgIpc) is 3.81. The number of aromatic hydroxyl groups is 1. The molecule has 2 aromatic carbocycles. The number of Topliss-reactive ketones (excluding diaryl/α,β-unsaturated/α-hetero) is 1. The van der Waals surface area contributed by atoms with Crippen LogP contribution in [0.4, 0.5) is 5.69 Å². The molecular formula is C50H61N3O12. The average molecular weight is 896 g/mol. The number of likely N-dealkylation sites (N-methyl/N-ethyl adjacent to an activating group) is 1. The fraction of sp³-hybridized carbons (Fsp3) is 0.500. The van der Waals surface area contributed by atoms with Crippen molar-refractivity contribution in [2.45, 2.75) is 105 Å². The Morgan fingerprint density at radius 3 is 2.45 bits per heavy atom. The molecule has 1 aliphatic carbocycles. The molecule has 1 unspecified atom stereocenters. The summed E-state index contributed by atoms with van der Waals surface area (Å²) in [6.07, 6.45) is 7.87. The summed E-state index contributed by atoms with van der Waals surface area (Å²) in [5.74, 6) is -5.36. The topological polar surface area (TPSA) is 196 Å². The van der Waals surface area contributed by atoms with Crippen molar-refractivity contribution < 1.29 is 52.7 Å². The number of aliphatic hydroxyl groups is 1. The van der Waals surface area contributed by atoms with Gasteiger partial charge in [-0.2, -0.15) is 0 Å². The molecule has 4 heterocycles. The van der Waals surface area contributed by atoms with Crippen molar-refractivity contribution in [1.29, 1.82) is 0 Å². The number of aliphatic hydroxyl groups excluding tert-OH is 1. The molecule has 0 aromatic heterocycles. The number of rotatable bonds is 5. The summed E-state index contributed by atoms with van der Waals surface area (Å²) in [4.78, 5) is 63.2. The highest BCUT2D eigenvalue weighted by atomic mass is 16.7. The van der Waals surface area contributed by atoms with Crippen LogP contribution < -0.4 is 20.2 Å². The molecule has 1 fully saturated rings. The first-order valence-corrected chi connectivity index (χ1v) is 22.3. The highest BCUT2D eigenvalue weighted by Gasteiger charge is 2.50. The number of hydrogen-bond acceptors (Lipinski definition) is 14.